The van der Waals surface area contributed by atoms with E-state index in [1.54, 1.807) is 7.11 Å². The van der Waals surface area contributed by atoms with Gasteiger partial charge in [-0.15, -0.1) is 0 Å². The zero-order valence-electron chi connectivity index (χ0n) is 19.3. The second-order valence-corrected chi connectivity index (χ2v) is 8.73. The lowest BCUT2D eigenvalue weighted by molar-refractivity contribution is 0.180. The Bertz CT molecular complexity index is 1060. The zero-order chi connectivity index (χ0) is 22.7. The standard InChI is InChI=1S/C26H32N4OS/c1-5-20-10-12-21(13-11-20)30-18(2)17-22(19(30)3)25-24(23-9-6-7-14-27-23)28-26(32)29(25)15-8-16-31-4/h6-7,9-14,17,24-25H,5,8,15-16H2,1-4H3,(H,28,32)/t24-,25-/m1/s1. The third kappa shape index (κ3) is 4.30. The van der Waals surface area contributed by atoms with Crippen LogP contribution in [0.25, 0.3) is 5.69 Å². The van der Waals surface area contributed by atoms with Crippen molar-refractivity contribution in [1.82, 2.24) is 19.8 Å². The number of pyridine rings is 1. The van der Waals surface area contributed by atoms with Gasteiger partial charge in [0, 0.05) is 43.5 Å². The quantitative estimate of drug-likeness (QED) is 0.385. The highest BCUT2D eigenvalue weighted by molar-refractivity contribution is 7.80. The van der Waals surface area contributed by atoms with Crippen molar-refractivity contribution in [3.63, 3.8) is 0 Å². The van der Waals surface area contributed by atoms with Gasteiger partial charge in [0.2, 0.25) is 0 Å². The largest absolute Gasteiger partial charge is 0.385 e. The molecule has 0 aliphatic carbocycles. The van der Waals surface area contributed by atoms with Crippen molar-refractivity contribution in [3.05, 3.63) is 82.9 Å². The van der Waals surface area contributed by atoms with Gasteiger partial charge < -0.3 is 19.5 Å². The second-order valence-electron chi connectivity index (χ2n) is 8.35. The minimum absolute atomic E-state index is 0.00247. The van der Waals surface area contributed by atoms with Gasteiger partial charge in [0.15, 0.2) is 5.11 Å². The third-order valence-corrected chi connectivity index (χ3v) is 6.69. The Morgan fingerprint density at radius 2 is 1.91 bits per heavy atom. The fourth-order valence-corrected chi connectivity index (χ4v) is 5.06. The van der Waals surface area contributed by atoms with E-state index >= 15 is 0 Å². The molecule has 0 radical (unpaired) electrons. The molecule has 1 aromatic carbocycles. The number of nitrogens with zero attached hydrogens (tertiary/aromatic N) is 3. The highest BCUT2D eigenvalue weighted by atomic mass is 32.1. The van der Waals surface area contributed by atoms with Gasteiger partial charge in [-0.3, -0.25) is 4.98 Å². The summed E-state index contributed by atoms with van der Waals surface area (Å²) >= 11 is 5.79. The summed E-state index contributed by atoms with van der Waals surface area (Å²) in [6.07, 6.45) is 3.81. The first-order chi connectivity index (χ1) is 15.5. The summed E-state index contributed by atoms with van der Waals surface area (Å²) in [7, 11) is 1.74. The van der Waals surface area contributed by atoms with Crippen LogP contribution in [-0.2, 0) is 11.2 Å². The summed E-state index contributed by atoms with van der Waals surface area (Å²) in [5.41, 5.74) is 7.28. The number of aromatic nitrogens is 2. The first kappa shape index (κ1) is 22.5. The summed E-state index contributed by atoms with van der Waals surface area (Å²) in [6, 6.07) is 17.3. The molecule has 1 aliphatic rings. The number of methoxy groups -OCH3 is 1. The van der Waals surface area contributed by atoms with Crippen LogP contribution in [0.5, 0.6) is 0 Å². The molecule has 3 aromatic rings. The van der Waals surface area contributed by atoms with Gasteiger partial charge in [0.1, 0.15) is 0 Å². The van der Waals surface area contributed by atoms with Gasteiger partial charge in [0.25, 0.3) is 0 Å². The lowest BCUT2D eigenvalue weighted by Crippen LogP contribution is -2.31. The van der Waals surface area contributed by atoms with Crippen LogP contribution in [0.3, 0.4) is 0 Å². The SMILES string of the molecule is CCc1ccc(-n2c(C)cc([C@@H]3[C@@H](c4ccccn4)NC(=S)N3CCCOC)c2C)cc1. The monoisotopic (exact) mass is 448 g/mol. The van der Waals surface area contributed by atoms with Gasteiger partial charge in [-0.25, -0.2) is 0 Å². The first-order valence-corrected chi connectivity index (χ1v) is 11.7. The van der Waals surface area contributed by atoms with Crippen molar-refractivity contribution in [2.75, 3.05) is 20.3 Å². The molecule has 1 aliphatic heterocycles. The fraction of sp³-hybridized carbons (Fsp3) is 0.385. The van der Waals surface area contributed by atoms with Crippen molar-refractivity contribution < 1.29 is 4.74 Å². The molecule has 6 heteroatoms. The van der Waals surface area contributed by atoms with E-state index in [-0.39, 0.29) is 12.1 Å². The number of benzene rings is 1. The van der Waals surface area contributed by atoms with Crippen molar-refractivity contribution >= 4 is 17.3 Å². The van der Waals surface area contributed by atoms with E-state index in [2.05, 4.69) is 76.9 Å². The first-order valence-electron chi connectivity index (χ1n) is 11.3. The van der Waals surface area contributed by atoms with E-state index in [1.807, 2.05) is 18.3 Å². The molecule has 0 bridgehead atoms. The Labute approximate surface area is 196 Å². The predicted octanol–water partition coefficient (Wildman–Crippen LogP) is 5.06. The maximum absolute atomic E-state index is 5.79. The number of hydrogen-bond donors (Lipinski definition) is 1. The average Bonchev–Trinajstić information content (AvgIpc) is 3.29. The maximum Gasteiger partial charge on any atom is 0.170 e. The van der Waals surface area contributed by atoms with Crippen LogP contribution in [0.15, 0.2) is 54.7 Å². The lowest BCUT2D eigenvalue weighted by Gasteiger charge is -2.28. The van der Waals surface area contributed by atoms with E-state index < -0.39 is 0 Å². The molecular weight excluding hydrogens is 416 g/mol. The molecule has 1 saturated heterocycles. The molecule has 2 aromatic heterocycles. The van der Waals surface area contributed by atoms with Crippen LogP contribution in [-0.4, -0.2) is 39.8 Å². The Hall–Kier alpha value is -2.70. The summed E-state index contributed by atoms with van der Waals surface area (Å²) < 4.78 is 7.65. The molecule has 1 N–H and O–H groups in total. The van der Waals surface area contributed by atoms with E-state index in [0.717, 1.165) is 30.2 Å². The molecule has 0 saturated carbocycles. The molecule has 1 fully saturated rings. The van der Waals surface area contributed by atoms with Gasteiger partial charge in [-0.1, -0.05) is 25.1 Å². The van der Waals surface area contributed by atoms with Crippen molar-refractivity contribution in [1.29, 1.82) is 0 Å². The molecule has 0 spiro atoms. The number of nitrogens with one attached hydrogen (secondary N) is 1. The summed E-state index contributed by atoms with van der Waals surface area (Å²) in [6.45, 7) is 8.12. The summed E-state index contributed by atoms with van der Waals surface area (Å²) in [5, 5.41) is 4.33. The lowest BCUT2D eigenvalue weighted by atomic mass is 9.96. The number of hydrogen-bond acceptors (Lipinski definition) is 3. The normalized spacial score (nSPS) is 18.2. The molecule has 4 rings (SSSR count). The van der Waals surface area contributed by atoms with Crippen LogP contribution in [0.4, 0.5) is 0 Å². The Kier molecular flexibility index (Phi) is 6.92. The van der Waals surface area contributed by atoms with Gasteiger partial charge in [-0.2, -0.15) is 0 Å². The van der Waals surface area contributed by atoms with Crippen molar-refractivity contribution in [2.45, 2.75) is 45.7 Å². The number of ether oxygens (including phenoxy) is 1. The molecule has 2 atom stereocenters. The minimum Gasteiger partial charge on any atom is -0.385 e. The molecule has 3 heterocycles. The Morgan fingerprint density at radius 1 is 1.12 bits per heavy atom. The zero-order valence-corrected chi connectivity index (χ0v) is 20.2. The molecule has 32 heavy (non-hydrogen) atoms. The van der Waals surface area contributed by atoms with E-state index in [0.29, 0.717) is 6.61 Å². The van der Waals surface area contributed by atoms with Crippen molar-refractivity contribution in [3.8, 4) is 5.69 Å². The van der Waals surface area contributed by atoms with Gasteiger partial charge in [0.05, 0.1) is 17.8 Å². The predicted molar refractivity (Wildman–Crippen MR) is 133 cm³/mol. The average molecular weight is 449 g/mol. The second kappa shape index (κ2) is 9.84. The van der Waals surface area contributed by atoms with Crippen LogP contribution >= 0.6 is 12.2 Å². The highest BCUT2D eigenvalue weighted by Gasteiger charge is 2.41. The van der Waals surface area contributed by atoms with E-state index in [9.17, 15) is 0 Å². The highest BCUT2D eigenvalue weighted by Crippen LogP contribution is 2.41. The Morgan fingerprint density at radius 3 is 2.56 bits per heavy atom. The summed E-state index contributed by atoms with van der Waals surface area (Å²) in [4.78, 5) is 6.96. The topological polar surface area (TPSA) is 42.3 Å². The van der Waals surface area contributed by atoms with E-state index in [1.165, 1.54) is 28.2 Å². The molecule has 0 amide bonds. The maximum atomic E-state index is 5.79. The number of aryl methyl sites for hydroxylation is 2. The Balaban J connectivity index is 1.76. The smallest absolute Gasteiger partial charge is 0.170 e. The van der Waals surface area contributed by atoms with Crippen LogP contribution in [0.2, 0.25) is 0 Å². The molecule has 0 unspecified atom stereocenters. The number of rotatable bonds is 8. The van der Waals surface area contributed by atoms with Crippen LogP contribution in [0, 0.1) is 13.8 Å². The molecule has 5 nitrogen and oxygen atoms in total. The van der Waals surface area contributed by atoms with Gasteiger partial charge >= 0.3 is 0 Å². The van der Waals surface area contributed by atoms with Crippen molar-refractivity contribution in [2.24, 2.45) is 0 Å². The third-order valence-electron chi connectivity index (χ3n) is 6.34. The minimum atomic E-state index is 0.00247. The van der Waals surface area contributed by atoms with E-state index in [4.69, 9.17) is 17.0 Å². The molecular formula is C26H32N4OS. The van der Waals surface area contributed by atoms with Crippen LogP contribution in [0.1, 0.15) is 53.6 Å². The van der Waals surface area contributed by atoms with Gasteiger partial charge in [-0.05, 0) is 80.4 Å². The molecule has 168 valence electrons. The summed E-state index contributed by atoms with van der Waals surface area (Å²) in [5.74, 6) is 0. The van der Waals surface area contributed by atoms with Crippen LogP contribution < -0.4 is 5.32 Å². The fourth-order valence-electron chi connectivity index (χ4n) is 4.73. The number of thiocarbonyl (C=S) groups is 1.